The molecule has 0 N–H and O–H groups in total. The molecule has 92 valence electrons. The van der Waals surface area contributed by atoms with E-state index in [9.17, 15) is 14.9 Å². The summed E-state index contributed by atoms with van der Waals surface area (Å²) in [7, 11) is 0. The number of carbonyl (C=O) groups is 1. The zero-order chi connectivity index (χ0) is 12.8. The Morgan fingerprint density at radius 1 is 1.53 bits per heavy atom. The maximum Gasteiger partial charge on any atom is 0.273 e. The second-order valence-electron chi connectivity index (χ2n) is 3.41. The fourth-order valence-electron chi connectivity index (χ4n) is 1.23. The predicted octanol–water partition coefficient (Wildman–Crippen LogP) is 3.15. The van der Waals surface area contributed by atoms with E-state index >= 15 is 0 Å². The third kappa shape index (κ3) is 3.71. The van der Waals surface area contributed by atoms with E-state index in [1.54, 1.807) is 0 Å². The van der Waals surface area contributed by atoms with Gasteiger partial charge in [0, 0.05) is 6.07 Å². The van der Waals surface area contributed by atoms with Crippen molar-refractivity contribution in [2.75, 3.05) is 6.61 Å². The summed E-state index contributed by atoms with van der Waals surface area (Å²) in [5.41, 5.74) is 0.0199. The number of nitrogens with zero attached hydrogens (tertiary/aromatic N) is 1. The Morgan fingerprint density at radius 3 is 2.76 bits per heavy atom. The van der Waals surface area contributed by atoms with E-state index in [2.05, 4.69) is 0 Å². The van der Waals surface area contributed by atoms with E-state index in [-0.39, 0.29) is 17.0 Å². The zero-order valence-corrected chi connectivity index (χ0v) is 10.1. The van der Waals surface area contributed by atoms with E-state index in [4.69, 9.17) is 16.3 Å². The van der Waals surface area contributed by atoms with Crippen molar-refractivity contribution in [1.29, 1.82) is 0 Å². The Hall–Kier alpha value is -1.62. The maximum absolute atomic E-state index is 11.1. The van der Waals surface area contributed by atoms with E-state index in [0.29, 0.717) is 6.61 Å². The number of hydrogen-bond donors (Lipinski definition) is 0. The molecular formula is C11H12ClNO4. The van der Waals surface area contributed by atoms with Crippen molar-refractivity contribution in [2.24, 2.45) is 0 Å². The van der Waals surface area contributed by atoms with Gasteiger partial charge in [-0.1, -0.05) is 13.3 Å². The number of benzene rings is 1. The minimum absolute atomic E-state index is 0.127. The maximum atomic E-state index is 11.1. The average molecular weight is 258 g/mol. The molecule has 0 bridgehead atoms. The van der Waals surface area contributed by atoms with Gasteiger partial charge in [0.15, 0.2) is 0 Å². The van der Waals surface area contributed by atoms with E-state index in [0.717, 1.165) is 12.8 Å². The molecule has 0 aromatic heterocycles. The summed E-state index contributed by atoms with van der Waals surface area (Å²) in [6, 6.07) is 3.74. The van der Waals surface area contributed by atoms with Crippen molar-refractivity contribution < 1.29 is 14.5 Å². The van der Waals surface area contributed by atoms with Crippen molar-refractivity contribution >= 4 is 22.5 Å². The van der Waals surface area contributed by atoms with Gasteiger partial charge in [0.25, 0.3) is 10.9 Å². The normalized spacial score (nSPS) is 10.0. The molecule has 0 atom stereocenters. The highest BCUT2D eigenvalue weighted by Crippen LogP contribution is 2.26. The van der Waals surface area contributed by atoms with Crippen LogP contribution in [0.2, 0.25) is 0 Å². The summed E-state index contributed by atoms with van der Waals surface area (Å²) in [4.78, 5) is 21.1. The van der Waals surface area contributed by atoms with Crippen LogP contribution in [0.4, 0.5) is 5.69 Å². The van der Waals surface area contributed by atoms with Gasteiger partial charge in [-0.25, -0.2) is 0 Å². The van der Waals surface area contributed by atoms with Gasteiger partial charge in [-0.05, 0) is 24.1 Å². The van der Waals surface area contributed by atoms with Gasteiger partial charge >= 0.3 is 0 Å². The number of rotatable bonds is 6. The molecule has 0 unspecified atom stereocenters. The van der Waals surface area contributed by atoms with Gasteiger partial charge in [0.2, 0.25) is 0 Å². The third-order valence-electron chi connectivity index (χ3n) is 2.14. The lowest BCUT2D eigenvalue weighted by atomic mass is 10.2. The minimum Gasteiger partial charge on any atom is -0.493 e. The number of non-ortho nitro benzene ring substituents is 1. The van der Waals surface area contributed by atoms with Crippen LogP contribution >= 0.6 is 11.6 Å². The van der Waals surface area contributed by atoms with Gasteiger partial charge in [-0.3, -0.25) is 14.9 Å². The molecule has 1 aromatic carbocycles. The SMILES string of the molecule is CCCCOc1cc([N+](=O)[O-])ccc1C(=O)Cl. The average Bonchev–Trinajstić information content (AvgIpc) is 2.28. The van der Waals surface area contributed by atoms with E-state index in [1.165, 1.54) is 18.2 Å². The molecule has 0 aliphatic rings. The molecular weight excluding hydrogens is 246 g/mol. The van der Waals surface area contributed by atoms with Crippen molar-refractivity contribution in [2.45, 2.75) is 19.8 Å². The molecule has 0 saturated heterocycles. The summed E-state index contributed by atoms with van der Waals surface area (Å²) in [5, 5.41) is 9.91. The van der Waals surface area contributed by atoms with Gasteiger partial charge in [0.1, 0.15) is 5.75 Å². The Labute approximate surface area is 103 Å². The van der Waals surface area contributed by atoms with E-state index < -0.39 is 10.2 Å². The zero-order valence-electron chi connectivity index (χ0n) is 9.31. The monoisotopic (exact) mass is 257 g/mol. The summed E-state index contributed by atoms with van der Waals surface area (Å²) >= 11 is 5.36. The number of hydrogen-bond acceptors (Lipinski definition) is 4. The molecule has 0 heterocycles. The lowest BCUT2D eigenvalue weighted by Gasteiger charge is -2.08. The van der Waals surface area contributed by atoms with Crippen LogP contribution in [0, 0.1) is 10.1 Å². The molecule has 17 heavy (non-hydrogen) atoms. The second kappa shape index (κ2) is 6.20. The number of nitro benzene ring substituents is 1. The Kier molecular flexibility index (Phi) is 4.90. The van der Waals surface area contributed by atoms with Gasteiger partial charge in [-0.2, -0.15) is 0 Å². The molecule has 0 fully saturated rings. The van der Waals surface area contributed by atoms with Crippen molar-refractivity contribution in [3.8, 4) is 5.75 Å². The van der Waals surface area contributed by atoms with Crippen LogP contribution in [-0.2, 0) is 0 Å². The van der Waals surface area contributed by atoms with Crippen LogP contribution in [0.15, 0.2) is 18.2 Å². The predicted molar refractivity (Wildman–Crippen MR) is 63.7 cm³/mol. The standard InChI is InChI=1S/C11H12ClNO4/c1-2-3-6-17-10-7-8(13(15)16)4-5-9(10)11(12)14/h4-5,7H,2-3,6H2,1H3. The Bertz CT molecular complexity index is 433. The molecule has 5 nitrogen and oxygen atoms in total. The Balaban J connectivity index is 2.98. The van der Waals surface area contributed by atoms with Gasteiger partial charge in [0.05, 0.1) is 23.2 Å². The first-order valence-electron chi connectivity index (χ1n) is 5.17. The van der Waals surface area contributed by atoms with E-state index in [1.807, 2.05) is 6.92 Å². The molecule has 0 spiro atoms. The summed E-state index contributed by atoms with van der Waals surface area (Å²) < 4.78 is 5.32. The fourth-order valence-corrected chi connectivity index (χ4v) is 1.39. The molecule has 0 radical (unpaired) electrons. The van der Waals surface area contributed by atoms with Crippen LogP contribution in [0.25, 0.3) is 0 Å². The highest BCUT2D eigenvalue weighted by atomic mass is 35.5. The number of unbranched alkanes of at least 4 members (excludes halogenated alkanes) is 1. The fraction of sp³-hybridized carbons (Fsp3) is 0.364. The quantitative estimate of drug-likeness (QED) is 0.340. The molecule has 0 amide bonds. The van der Waals surface area contributed by atoms with Gasteiger partial charge < -0.3 is 4.74 Å². The molecule has 0 aliphatic heterocycles. The lowest BCUT2D eigenvalue weighted by Crippen LogP contribution is -2.02. The van der Waals surface area contributed by atoms with Crippen LogP contribution < -0.4 is 4.74 Å². The largest absolute Gasteiger partial charge is 0.493 e. The summed E-state index contributed by atoms with van der Waals surface area (Å²) in [6.45, 7) is 2.39. The first-order valence-corrected chi connectivity index (χ1v) is 5.55. The molecule has 6 heteroatoms. The number of halogens is 1. The summed E-state index contributed by atoms with van der Waals surface area (Å²) in [5.74, 6) is 0.160. The van der Waals surface area contributed by atoms with Crippen molar-refractivity contribution in [1.82, 2.24) is 0 Å². The van der Waals surface area contributed by atoms with Gasteiger partial charge in [-0.15, -0.1) is 0 Å². The minimum atomic E-state index is -0.689. The van der Waals surface area contributed by atoms with Crippen molar-refractivity contribution in [3.63, 3.8) is 0 Å². The molecule has 1 rings (SSSR count). The molecule has 0 saturated carbocycles. The Morgan fingerprint density at radius 2 is 2.24 bits per heavy atom. The van der Waals surface area contributed by atoms with Crippen LogP contribution in [-0.4, -0.2) is 16.8 Å². The first kappa shape index (κ1) is 13.4. The number of ether oxygens (including phenoxy) is 1. The van der Waals surface area contributed by atoms with Crippen LogP contribution in [0.5, 0.6) is 5.75 Å². The molecule has 1 aromatic rings. The first-order chi connectivity index (χ1) is 8.06. The summed E-state index contributed by atoms with van der Waals surface area (Å²) in [6.07, 6.45) is 1.73. The highest BCUT2D eigenvalue weighted by molar-refractivity contribution is 6.68. The van der Waals surface area contributed by atoms with Crippen molar-refractivity contribution in [3.05, 3.63) is 33.9 Å². The topological polar surface area (TPSA) is 69.4 Å². The third-order valence-corrected chi connectivity index (χ3v) is 2.35. The number of carbonyl (C=O) groups excluding carboxylic acids is 1. The lowest BCUT2D eigenvalue weighted by molar-refractivity contribution is -0.384. The number of nitro groups is 1. The van der Waals surface area contributed by atoms with Crippen LogP contribution in [0.1, 0.15) is 30.1 Å². The second-order valence-corrected chi connectivity index (χ2v) is 3.76. The molecule has 0 aliphatic carbocycles. The van der Waals surface area contributed by atoms with Crippen LogP contribution in [0.3, 0.4) is 0 Å². The smallest absolute Gasteiger partial charge is 0.273 e. The highest BCUT2D eigenvalue weighted by Gasteiger charge is 2.15.